The average molecular weight is 464 g/mol. The fraction of sp³-hybridized carbons (Fsp3) is 0.100. The molecule has 0 spiro atoms. The van der Waals surface area contributed by atoms with Crippen molar-refractivity contribution < 1.29 is 14.1 Å². The largest absolute Gasteiger partial charge is 0.451 e. The lowest BCUT2D eigenvalue weighted by Gasteiger charge is -2.13. The van der Waals surface area contributed by atoms with Crippen LogP contribution in [0, 0.1) is 24.0 Å². The van der Waals surface area contributed by atoms with Crippen LogP contribution in [0.4, 0.5) is 11.4 Å². The number of aryl methyl sites for hydroxylation is 1. The van der Waals surface area contributed by atoms with Crippen molar-refractivity contribution in [3.63, 3.8) is 0 Å². The Morgan fingerprint density at radius 1 is 1.10 bits per heavy atom. The van der Waals surface area contributed by atoms with E-state index in [0.717, 1.165) is 5.56 Å². The Hall–Kier alpha value is -2.94. The number of thiocarbonyl (C=S) groups is 1. The zero-order chi connectivity index (χ0) is 22.0. The van der Waals surface area contributed by atoms with E-state index >= 15 is 0 Å². The van der Waals surface area contributed by atoms with Crippen LogP contribution in [0.3, 0.4) is 0 Å². The number of carbonyl (C=O) groups is 1. The smallest absolute Gasteiger partial charge is 0.293 e. The van der Waals surface area contributed by atoms with Gasteiger partial charge in [0.05, 0.1) is 15.0 Å². The second kappa shape index (κ2) is 8.83. The standard InChI is InChI=1S/C20H15Cl2N3O4S/c1-10-3-6-15(25(27)28)18(11(10)2)23-20(30)24-19(26)17-8-7-16(29-17)12-4-5-13(21)14(22)9-12/h3-9H,1-2H3,(H2,23,24,26,30). The van der Waals surface area contributed by atoms with Gasteiger partial charge in [0.1, 0.15) is 11.4 Å². The minimum absolute atomic E-state index is 0.00989. The van der Waals surface area contributed by atoms with Crippen LogP contribution in [0.5, 0.6) is 0 Å². The van der Waals surface area contributed by atoms with Gasteiger partial charge in [0.25, 0.3) is 11.6 Å². The lowest BCUT2D eigenvalue weighted by atomic mass is 10.1. The van der Waals surface area contributed by atoms with Gasteiger partial charge in [-0.05, 0) is 67.5 Å². The third-order valence-electron chi connectivity index (χ3n) is 4.41. The number of carbonyl (C=O) groups excluding carboxylic acids is 1. The number of amides is 1. The van der Waals surface area contributed by atoms with Crippen LogP contribution in [0.2, 0.25) is 10.0 Å². The molecule has 0 bridgehead atoms. The molecule has 3 aromatic rings. The number of nitrogens with one attached hydrogen (secondary N) is 2. The van der Waals surface area contributed by atoms with E-state index in [1.807, 2.05) is 6.92 Å². The van der Waals surface area contributed by atoms with Crippen LogP contribution in [0.15, 0.2) is 46.9 Å². The van der Waals surface area contributed by atoms with E-state index in [-0.39, 0.29) is 22.2 Å². The van der Waals surface area contributed by atoms with Crippen molar-refractivity contribution in [1.29, 1.82) is 0 Å². The highest BCUT2D eigenvalue weighted by atomic mass is 35.5. The summed E-state index contributed by atoms with van der Waals surface area (Å²) in [5.74, 6) is -0.176. The van der Waals surface area contributed by atoms with E-state index in [0.29, 0.717) is 26.9 Å². The van der Waals surface area contributed by atoms with Gasteiger partial charge < -0.3 is 9.73 Å². The zero-order valence-electron chi connectivity index (χ0n) is 15.8. The van der Waals surface area contributed by atoms with Crippen molar-refractivity contribution in [2.45, 2.75) is 13.8 Å². The number of hydrogen-bond donors (Lipinski definition) is 2. The molecule has 0 radical (unpaired) electrons. The molecule has 2 aromatic carbocycles. The van der Waals surface area contributed by atoms with Crippen molar-refractivity contribution in [2.75, 3.05) is 5.32 Å². The Bertz CT molecular complexity index is 1180. The van der Waals surface area contributed by atoms with Gasteiger partial charge in [0, 0.05) is 11.6 Å². The van der Waals surface area contributed by atoms with Gasteiger partial charge in [-0.25, -0.2) is 0 Å². The third-order valence-corrected chi connectivity index (χ3v) is 5.35. The SMILES string of the molecule is Cc1ccc([N+](=O)[O-])c(NC(=S)NC(=O)c2ccc(-c3ccc(Cl)c(Cl)c3)o2)c1C. The van der Waals surface area contributed by atoms with Crippen molar-refractivity contribution in [3.05, 3.63) is 79.5 Å². The van der Waals surface area contributed by atoms with Crippen LogP contribution in [0.1, 0.15) is 21.7 Å². The first-order valence-electron chi connectivity index (χ1n) is 8.59. The van der Waals surface area contributed by atoms with Crippen LogP contribution in [-0.4, -0.2) is 15.9 Å². The molecule has 154 valence electrons. The van der Waals surface area contributed by atoms with E-state index < -0.39 is 10.8 Å². The minimum atomic E-state index is -0.605. The number of furan rings is 1. The van der Waals surface area contributed by atoms with Crippen molar-refractivity contribution in [1.82, 2.24) is 5.32 Å². The quantitative estimate of drug-likeness (QED) is 0.283. The predicted octanol–water partition coefficient (Wildman–Crippen LogP) is 5.91. The molecule has 10 heteroatoms. The minimum Gasteiger partial charge on any atom is -0.451 e. The lowest BCUT2D eigenvalue weighted by molar-refractivity contribution is -0.383. The van der Waals surface area contributed by atoms with Gasteiger partial charge in [0.15, 0.2) is 10.9 Å². The number of benzene rings is 2. The maximum Gasteiger partial charge on any atom is 0.293 e. The highest BCUT2D eigenvalue weighted by Crippen LogP contribution is 2.31. The van der Waals surface area contributed by atoms with Gasteiger partial charge in [-0.2, -0.15) is 0 Å². The van der Waals surface area contributed by atoms with E-state index in [2.05, 4.69) is 10.6 Å². The van der Waals surface area contributed by atoms with Crippen LogP contribution >= 0.6 is 35.4 Å². The normalized spacial score (nSPS) is 10.5. The molecule has 7 nitrogen and oxygen atoms in total. The second-order valence-corrected chi connectivity index (χ2v) is 7.58. The number of rotatable bonds is 4. The molecular weight excluding hydrogens is 449 g/mol. The number of nitro benzene ring substituents is 1. The number of nitrogens with zero attached hydrogens (tertiary/aromatic N) is 1. The fourth-order valence-electron chi connectivity index (χ4n) is 2.69. The summed E-state index contributed by atoms with van der Waals surface area (Å²) in [6.07, 6.45) is 0. The Balaban J connectivity index is 1.75. The van der Waals surface area contributed by atoms with Gasteiger partial charge in [-0.3, -0.25) is 20.2 Å². The first-order chi connectivity index (χ1) is 14.2. The van der Waals surface area contributed by atoms with Gasteiger partial charge in [-0.1, -0.05) is 29.3 Å². The first kappa shape index (κ1) is 21.8. The Kier molecular flexibility index (Phi) is 6.40. The van der Waals surface area contributed by atoms with E-state index in [4.69, 9.17) is 39.8 Å². The summed E-state index contributed by atoms with van der Waals surface area (Å²) in [5, 5.41) is 17.2. The molecule has 1 heterocycles. The molecule has 0 saturated heterocycles. The van der Waals surface area contributed by atoms with Crippen molar-refractivity contribution >= 4 is 57.8 Å². The van der Waals surface area contributed by atoms with Gasteiger partial charge >= 0.3 is 0 Å². The van der Waals surface area contributed by atoms with E-state index in [1.165, 1.54) is 12.1 Å². The summed E-state index contributed by atoms with van der Waals surface area (Å²) < 4.78 is 5.57. The molecule has 0 saturated carbocycles. The maximum absolute atomic E-state index is 12.5. The number of anilines is 1. The highest BCUT2D eigenvalue weighted by Gasteiger charge is 2.20. The fourth-order valence-corrected chi connectivity index (χ4v) is 3.18. The Morgan fingerprint density at radius 3 is 2.50 bits per heavy atom. The maximum atomic E-state index is 12.5. The predicted molar refractivity (Wildman–Crippen MR) is 120 cm³/mol. The van der Waals surface area contributed by atoms with Crippen LogP contribution in [0.25, 0.3) is 11.3 Å². The second-order valence-electron chi connectivity index (χ2n) is 6.36. The molecule has 1 aromatic heterocycles. The van der Waals surface area contributed by atoms with Gasteiger partial charge in [-0.15, -0.1) is 0 Å². The molecule has 0 atom stereocenters. The average Bonchev–Trinajstić information content (AvgIpc) is 3.18. The van der Waals surface area contributed by atoms with Gasteiger partial charge in [0.2, 0.25) is 0 Å². The molecule has 30 heavy (non-hydrogen) atoms. The van der Waals surface area contributed by atoms with Crippen LogP contribution < -0.4 is 10.6 Å². The topological polar surface area (TPSA) is 97.4 Å². The monoisotopic (exact) mass is 463 g/mol. The number of nitro groups is 1. The molecule has 0 aliphatic heterocycles. The summed E-state index contributed by atoms with van der Waals surface area (Å²) in [6, 6.07) is 11.1. The zero-order valence-corrected chi connectivity index (χ0v) is 18.1. The summed E-state index contributed by atoms with van der Waals surface area (Å²) in [4.78, 5) is 23.2. The third kappa shape index (κ3) is 4.62. The first-order valence-corrected chi connectivity index (χ1v) is 9.76. The number of hydrogen-bond acceptors (Lipinski definition) is 5. The molecule has 1 amide bonds. The summed E-state index contributed by atoms with van der Waals surface area (Å²) in [6.45, 7) is 3.55. The Labute approximate surface area is 187 Å². The summed E-state index contributed by atoms with van der Waals surface area (Å²) in [5.41, 5.74) is 2.22. The molecule has 0 aliphatic rings. The van der Waals surface area contributed by atoms with Crippen molar-refractivity contribution in [3.8, 4) is 11.3 Å². The molecule has 0 fully saturated rings. The van der Waals surface area contributed by atoms with Crippen LogP contribution in [-0.2, 0) is 0 Å². The highest BCUT2D eigenvalue weighted by molar-refractivity contribution is 7.80. The molecule has 0 unspecified atom stereocenters. The lowest BCUT2D eigenvalue weighted by Crippen LogP contribution is -2.34. The molecule has 2 N–H and O–H groups in total. The van der Waals surface area contributed by atoms with E-state index in [1.54, 1.807) is 37.3 Å². The summed E-state index contributed by atoms with van der Waals surface area (Å²) in [7, 11) is 0. The Morgan fingerprint density at radius 2 is 1.83 bits per heavy atom. The van der Waals surface area contributed by atoms with E-state index in [9.17, 15) is 14.9 Å². The summed E-state index contributed by atoms with van der Waals surface area (Å²) >= 11 is 17.1. The molecular formula is C20H15Cl2N3O4S. The van der Waals surface area contributed by atoms with Crippen molar-refractivity contribution in [2.24, 2.45) is 0 Å². The molecule has 3 rings (SSSR count). The molecule has 0 aliphatic carbocycles. The number of halogens is 2.